The summed E-state index contributed by atoms with van der Waals surface area (Å²) in [6.07, 6.45) is 0. The second-order valence-corrected chi connectivity index (χ2v) is 5.69. The summed E-state index contributed by atoms with van der Waals surface area (Å²) in [7, 11) is 0. The van der Waals surface area contributed by atoms with Crippen LogP contribution in [0.15, 0.2) is 18.2 Å². The van der Waals surface area contributed by atoms with Gasteiger partial charge in [0, 0.05) is 10.2 Å². The molecule has 5 heteroatoms. The molecule has 0 aliphatic heterocycles. The van der Waals surface area contributed by atoms with Gasteiger partial charge in [-0.05, 0) is 54.6 Å². The fourth-order valence-electron chi connectivity index (χ4n) is 2.07. The van der Waals surface area contributed by atoms with Crippen molar-refractivity contribution in [3.63, 3.8) is 0 Å². The summed E-state index contributed by atoms with van der Waals surface area (Å²) < 4.78 is 8.86. The average Bonchev–Trinajstić information content (AvgIpc) is 2.73. The molecule has 0 aliphatic rings. The first-order chi connectivity index (χ1) is 8.67. The molecule has 0 radical (unpaired) electrons. The van der Waals surface area contributed by atoms with Crippen LogP contribution >= 0.6 is 34.2 Å². The minimum atomic E-state index is 0.240. The van der Waals surface area contributed by atoms with Gasteiger partial charge in [-0.15, -0.1) is 11.6 Å². The summed E-state index contributed by atoms with van der Waals surface area (Å²) in [5.74, 6) is 1.32. The largest absolute Gasteiger partial charge is 0.380 e. The van der Waals surface area contributed by atoms with Crippen molar-refractivity contribution in [2.45, 2.75) is 25.8 Å². The molecule has 0 amide bonds. The molecular formula is C13H16ClIN2O. The maximum Gasteiger partial charge on any atom is 0.125 e. The first kappa shape index (κ1) is 14.1. The van der Waals surface area contributed by atoms with Crippen molar-refractivity contribution in [1.82, 2.24) is 9.55 Å². The molecule has 0 spiro atoms. The number of imidazole rings is 1. The molecule has 1 aromatic carbocycles. The molecule has 1 heterocycles. The molecule has 1 unspecified atom stereocenters. The molecule has 0 bridgehead atoms. The highest BCUT2D eigenvalue weighted by atomic mass is 127. The number of nitrogens with zero attached hydrogens (tertiary/aromatic N) is 2. The minimum absolute atomic E-state index is 0.240. The molecule has 0 fully saturated rings. The Kier molecular flexibility index (Phi) is 4.86. The summed E-state index contributed by atoms with van der Waals surface area (Å²) in [5.41, 5.74) is 2.12. The van der Waals surface area contributed by atoms with E-state index in [-0.39, 0.29) is 6.04 Å². The average molecular weight is 379 g/mol. The molecule has 98 valence electrons. The fraction of sp³-hybridized carbons (Fsp3) is 0.462. The van der Waals surface area contributed by atoms with E-state index in [1.165, 1.54) is 3.57 Å². The molecule has 0 aliphatic carbocycles. The van der Waals surface area contributed by atoms with Gasteiger partial charge >= 0.3 is 0 Å². The third kappa shape index (κ3) is 2.81. The topological polar surface area (TPSA) is 27.1 Å². The van der Waals surface area contributed by atoms with Crippen molar-refractivity contribution >= 4 is 45.2 Å². The van der Waals surface area contributed by atoms with Crippen molar-refractivity contribution in [2.75, 3.05) is 13.2 Å². The number of hydrogen-bond donors (Lipinski definition) is 0. The molecule has 0 saturated heterocycles. The Balaban J connectivity index is 2.46. The predicted molar refractivity (Wildman–Crippen MR) is 83.2 cm³/mol. The number of fused-ring (bicyclic) bond motifs is 1. The van der Waals surface area contributed by atoms with Gasteiger partial charge in [0.2, 0.25) is 0 Å². The lowest BCUT2D eigenvalue weighted by Gasteiger charge is -2.16. The highest BCUT2D eigenvalue weighted by molar-refractivity contribution is 14.1. The highest BCUT2D eigenvalue weighted by Crippen LogP contribution is 2.24. The zero-order chi connectivity index (χ0) is 13.1. The van der Waals surface area contributed by atoms with Crippen LogP contribution in [0.1, 0.15) is 25.7 Å². The summed E-state index contributed by atoms with van der Waals surface area (Å²) in [6, 6.07) is 6.51. The molecule has 0 N–H and O–H groups in total. The van der Waals surface area contributed by atoms with Crippen LogP contribution in [0.3, 0.4) is 0 Å². The maximum atomic E-state index is 6.00. The van der Waals surface area contributed by atoms with E-state index in [2.05, 4.69) is 57.3 Å². The number of rotatable bonds is 5. The quantitative estimate of drug-likeness (QED) is 0.581. The zero-order valence-corrected chi connectivity index (χ0v) is 13.4. The maximum absolute atomic E-state index is 6.00. The lowest BCUT2D eigenvalue weighted by molar-refractivity contribution is 0.119. The van der Waals surface area contributed by atoms with Crippen LogP contribution in [-0.2, 0) is 10.6 Å². The molecule has 0 saturated carbocycles. The van der Waals surface area contributed by atoms with Crippen molar-refractivity contribution in [2.24, 2.45) is 0 Å². The van der Waals surface area contributed by atoms with E-state index in [1.54, 1.807) is 0 Å². The van der Waals surface area contributed by atoms with Gasteiger partial charge in [-0.2, -0.15) is 0 Å². The molecule has 2 aromatic rings. The third-order valence-corrected chi connectivity index (χ3v) is 3.76. The summed E-state index contributed by atoms with van der Waals surface area (Å²) in [5, 5.41) is 0. The van der Waals surface area contributed by atoms with E-state index < -0.39 is 0 Å². The van der Waals surface area contributed by atoms with E-state index in [4.69, 9.17) is 16.3 Å². The number of aromatic nitrogens is 2. The van der Waals surface area contributed by atoms with Crippen molar-refractivity contribution in [1.29, 1.82) is 0 Å². The van der Waals surface area contributed by atoms with Gasteiger partial charge < -0.3 is 9.30 Å². The van der Waals surface area contributed by atoms with E-state index in [0.717, 1.165) is 23.5 Å². The van der Waals surface area contributed by atoms with Gasteiger partial charge in [0.25, 0.3) is 0 Å². The molecule has 1 aromatic heterocycles. The highest BCUT2D eigenvalue weighted by Gasteiger charge is 2.15. The van der Waals surface area contributed by atoms with Gasteiger partial charge in [-0.25, -0.2) is 4.98 Å². The van der Waals surface area contributed by atoms with Crippen LogP contribution < -0.4 is 0 Å². The molecule has 2 rings (SSSR count). The van der Waals surface area contributed by atoms with Crippen LogP contribution in [0.4, 0.5) is 0 Å². The second-order valence-electron chi connectivity index (χ2n) is 4.17. The Morgan fingerprint density at radius 2 is 2.28 bits per heavy atom. The Morgan fingerprint density at radius 3 is 2.94 bits per heavy atom. The first-order valence-corrected chi connectivity index (χ1v) is 7.58. The molecule has 3 nitrogen and oxygen atoms in total. The Hall–Kier alpha value is -0.330. The zero-order valence-electron chi connectivity index (χ0n) is 10.5. The predicted octanol–water partition coefficient (Wildman–Crippen LogP) is 3.98. The second kappa shape index (κ2) is 6.21. The summed E-state index contributed by atoms with van der Waals surface area (Å²) in [4.78, 5) is 4.59. The number of benzene rings is 1. The van der Waals surface area contributed by atoms with Crippen LogP contribution in [0, 0.1) is 3.57 Å². The van der Waals surface area contributed by atoms with Gasteiger partial charge in [-0.3, -0.25) is 0 Å². The Labute approximate surface area is 126 Å². The number of ether oxygens (including phenoxy) is 1. The van der Waals surface area contributed by atoms with Crippen molar-refractivity contribution in [3.8, 4) is 0 Å². The van der Waals surface area contributed by atoms with E-state index in [9.17, 15) is 0 Å². The van der Waals surface area contributed by atoms with E-state index in [1.807, 2.05) is 6.92 Å². The van der Waals surface area contributed by atoms with Crippen LogP contribution in [0.5, 0.6) is 0 Å². The monoisotopic (exact) mass is 378 g/mol. The lowest BCUT2D eigenvalue weighted by atomic mass is 10.3. The normalized spacial score (nSPS) is 13.1. The van der Waals surface area contributed by atoms with Crippen LogP contribution in [0.2, 0.25) is 0 Å². The van der Waals surface area contributed by atoms with Gasteiger partial charge in [0.05, 0.1) is 29.6 Å². The third-order valence-electron chi connectivity index (χ3n) is 2.85. The number of halogens is 2. The Morgan fingerprint density at radius 1 is 1.50 bits per heavy atom. The standard InChI is InChI=1S/C13H16ClIN2O/c1-3-18-8-9(2)17-12-5-4-10(15)6-11(12)16-13(17)7-14/h4-6,9H,3,7-8H2,1-2H3. The van der Waals surface area contributed by atoms with Crippen molar-refractivity contribution in [3.05, 3.63) is 27.6 Å². The number of alkyl halides is 1. The number of hydrogen-bond acceptors (Lipinski definition) is 2. The van der Waals surface area contributed by atoms with Crippen molar-refractivity contribution < 1.29 is 4.74 Å². The molecule has 1 atom stereocenters. The molecule has 18 heavy (non-hydrogen) atoms. The SMILES string of the molecule is CCOCC(C)n1c(CCl)nc2cc(I)ccc21. The summed E-state index contributed by atoms with van der Waals surface area (Å²) in [6.45, 7) is 5.54. The fourth-order valence-corrected chi connectivity index (χ4v) is 2.73. The van der Waals surface area contributed by atoms with Gasteiger partial charge in [-0.1, -0.05) is 0 Å². The lowest BCUT2D eigenvalue weighted by Crippen LogP contribution is -2.14. The molecular weight excluding hydrogens is 363 g/mol. The van der Waals surface area contributed by atoms with Crippen LogP contribution in [-0.4, -0.2) is 22.8 Å². The van der Waals surface area contributed by atoms with E-state index in [0.29, 0.717) is 12.5 Å². The minimum Gasteiger partial charge on any atom is -0.380 e. The van der Waals surface area contributed by atoms with Gasteiger partial charge in [0.15, 0.2) is 0 Å². The summed E-state index contributed by atoms with van der Waals surface area (Å²) >= 11 is 8.29. The van der Waals surface area contributed by atoms with Gasteiger partial charge in [0.1, 0.15) is 5.82 Å². The smallest absolute Gasteiger partial charge is 0.125 e. The first-order valence-electron chi connectivity index (χ1n) is 5.97. The van der Waals surface area contributed by atoms with Crippen LogP contribution in [0.25, 0.3) is 11.0 Å². The van der Waals surface area contributed by atoms with E-state index >= 15 is 0 Å². The Bertz CT molecular complexity index is 541.